The average Bonchev–Trinajstić information content (AvgIpc) is 2.33. The topological polar surface area (TPSA) is 56.5 Å². The van der Waals surface area contributed by atoms with Gasteiger partial charge in [-0.1, -0.05) is 0 Å². The molecule has 0 aromatic heterocycles. The van der Waals surface area contributed by atoms with Gasteiger partial charge in [0.25, 0.3) is 0 Å². The van der Waals surface area contributed by atoms with Crippen molar-refractivity contribution in [3.8, 4) is 5.75 Å². The van der Waals surface area contributed by atoms with Crippen LogP contribution in [0.2, 0.25) is 0 Å². The summed E-state index contributed by atoms with van der Waals surface area (Å²) in [5.41, 5.74) is 6.52. The Labute approximate surface area is 96.7 Å². The number of benzene rings is 1. The van der Waals surface area contributed by atoms with E-state index in [0.717, 1.165) is 37.4 Å². The molecule has 16 heavy (non-hydrogen) atoms. The van der Waals surface area contributed by atoms with Gasteiger partial charge in [0.05, 0.1) is 0 Å². The van der Waals surface area contributed by atoms with Crippen molar-refractivity contribution in [2.24, 2.45) is 5.73 Å². The molecule has 0 unspecified atom stereocenters. The van der Waals surface area contributed by atoms with Crippen LogP contribution in [-0.2, 0) is 4.74 Å². The lowest BCUT2D eigenvalue weighted by molar-refractivity contribution is 0.0511. The third kappa shape index (κ3) is 5.00. The highest BCUT2D eigenvalue weighted by Crippen LogP contribution is 2.15. The van der Waals surface area contributed by atoms with E-state index in [1.54, 1.807) is 7.11 Å². The molecule has 1 rings (SSSR count). The van der Waals surface area contributed by atoms with Crippen molar-refractivity contribution >= 4 is 5.69 Å². The number of unbranched alkanes of at least 4 members (excludes halogenated alkanes) is 1. The van der Waals surface area contributed by atoms with Gasteiger partial charge in [-0.05, 0) is 43.7 Å². The summed E-state index contributed by atoms with van der Waals surface area (Å²) in [6.45, 7) is 1.99. The van der Waals surface area contributed by atoms with Gasteiger partial charge in [-0.2, -0.15) is 0 Å². The highest BCUT2D eigenvalue weighted by Gasteiger charge is 1.94. The van der Waals surface area contributed by atoms with Crippen LogP contribution in [0.1, 0.15) is 12.8 Å². The number of hydrogen-bond acceptors (Lipinski definition) is 4. The number of ether oxygens (including phenoxy) is 2. The van der Waals surface area contributed by atoms with Gasteiger partial charge in [0.2, 0.25) is 0 Å². The Morgan fingerprint density at radius 2 is 1.94 bits per heavy atom. The first-order valence-corrected chi connectivity index (χ1v) is 5.52. The van der Waals surface area contributed by atoms with Crippen LogP contribution in [0.25, 0.3) is 0 Å². The summed E-state index contributed by atoms with van der Waals surface area (Å²) in [4.78, 5) is 0. The van der Waals surface area contributed by atoms with Crippen LogP contribution in [0, 0.1) is 0 Å². The van der Waals surface area contributed by atoms with Crippen molar-refractivity contribution < 1.29 is 9.47 Å². The van der Waals surface area contributed by atoms with Crippen molar-refractivity contribution in [3.63, 3.8) is 0 Å². The maximum absolute atomic E-state index is 5.42. The minimum Gasteiger partial charge on any atom is -0.468 e. The van der Waals surface area contributed by atoms with Crippen molar-refractivity contribution in [3.05, 3.63) is 24.3 Å². The minimum absolute atomic E-state index is 0.281. The van der Waals surface area contributed by atoms with Crippen LogP contribution in [0.4, 0.5) is 5.69 Å². The van der Waals surface area contributed by atoms with Gasteiger partial charge < -0.3 is 20.5 Å². The molecule has 4 nitrogen and oxygen atoms in total. The van der Waals surface area contributed by atoms with E-state index in [9.17, 15) is 0 Å². The molecule has 4 heteroatoms. The first kappa shape index (κ1) is 12.8. The molecule has 0 radical (unpaired) electrons. The third-order valence-electron chi connectivity index (χ3n) is 2.16. The number of methoxy groups -OCH3 is 1. The van der Waals surface area contributed by atoms with E-state index in [1.807, 2.05) is 24.3 Å². The van der Waals surface area contributed by atoms with Gasteiger partial charge in [0.1, 0.15) is 5.75 Å². The Bertz CT molecular complexity index is 275. The number of anilines is 1. The van der Waals surface area contributed by atoms with Crippen LogP contribution in [0.15, 0.2) is 24.3 Å². The quantitative estimate of drug-likeness (QED) is 0.522. The number of nitrogens with one attached hydrogen (secondary N) is 1. The van der Waals surface area contributed by atoms with Crippen LogP contribution in [0.5, 0.6) is 5.75 Å². The summed E-state index contributed by atoms with van der Waals surface area (Å²) in [5, 5.41) is 3.32. The van der Waals surface area contributed by atoms with Gasteiger partial charge in [0.15, 0.2) is 6.79 Å². The lowest BCUT2D eigenvalue weighted by Gasteiger charge is -2.08. The third-order valence-corrected chi connectivity index (χ3v) is 2.16. The zero-order valence-electron chi connectivity index (χ0n) is 9.74. The van der Waals surface area contributed by atoms with Gasteiger partial charge in [-0.15, -0.1) is 0 Å². The lowest BCUT2D eigenvalue weighted by Crippen LogP contribution is -2.05. The fourth-order valence-corrected chi connectivity index (χ4v) is 1.30. The average molecular weight is 224 g/mol. The standard InChI is InChI=1S/C12H20N2O2/c1-15-10-16-12-6-4-11(5-7-12)14-9-3-2-8-13/h4-7,14H,2-3,8-10,13H2,1H3. The second-order valence-electron chi connectivity index (χ2n) is 3.50. The van der Waals surface area contributed by atoms with E-state index in [1.165, 1.54) is 0 Å². The summed E-state index contributed by atoms with van der Waals surface area (Å²) >= 11 is 0. The Morgan fingerprint density at radius 1 is 1.19 bits per heavy atom. The Morgan fingerprint density at radius 3 is 2.56 bits per heavy atom. The largest absolute Gasteiger partial charge is 0.468 e. The highest BCUT2D eigenvalue weighted by atomic mass is 16.7. The van der Waals surface area contributed by atoms with E-state index >= 15 is 0 Å². The molecular weight excluding hydrogens is 204 g/mol. The van der Waals surface area contributed by atoms with Crippen molar-refractivity contribution in [2.45, 2.75) is 12.8 Å². The second kappa shape index (κ2) is 7.96. The maximum atomic E-state index is 5.42. The molecule has 3 N–H and O–H groups in total. The Kier molecular flexibility index (Phi) is 6.37. The van der Waals surface area contributed by atoms with Gasteiger partial charge in [0, 0.05) is 19.3 Å². The lowest BCUT2D eigenvalue weighted by atomic mass is 10.2. The van der Waals surface area contributed by atoms with E-state index in [2.05, 4.69) is 5.32 Å². The molecule has 0 heterocycles. The van der Waals surface area contributed by atoms with Crippen molar-refractivity contribution in [2.75, 3.05) is 32.3 Å². The smallest absolute Gasteiger partial charge is 0.188 e. The maximum Gasteiger partial charge on any atom is 0.188 e. The summed E-state index contributed by atoms with van der Waals surface area (Å²) < 4.78 is 10.1. The molecule has 0 bridgehead atoms. The van der Waals surface area contributed by atoms with Gasteiger partial charge >= 0.3 is 0 Å². The first-order chi connectivity index (χ1) is 7.86. The van der Waals surface area contributed by atoms with E-state index in [0.29, 0.717) is 0 Å². The molecule has 1 aromatic rings. The Balaban J connectivity index is 2.27. The summed E-state index contributed by atoms with van der Waals surface area (Å²) in [7, 11) is 1.60. The summed E-state index contributed by atoms with van der Waals surface area (Å²) in [6.07, 6.45) is 2.15. The minimum atomic E-state index is 0.281. The molecule has 0 aliphatic heterocycles. The van der Waals surface area contributed by atoms with Crippen molar-refractivity contribution in [1.29, 1.82) is 0 Å². The van der Waals surface area contributed by atoms with Crippen LogP contribution >= 0.6 is 0 Å². The molecular formula is C12H20N2O2. The molecule has 1 aromatic carbocycles. The predicted octanol–water partition coefficient (Wildman–Crippen LogP) is 1.82. The molecule has 90 valence electrons. The second-order valence-corrected chi connectivity index (χ2v) is 3.50. The predicted molar refractivity (Wildman–Crippen MR) is 65.7 cm³/mol. The number of nitrogens with two attached hydrogens (primary N) is 1. The zero-order valence-corrected chi connectivity index (χ0v) is 9.74. The van der Waals surface area contributed by atoms with E-state index in [-0.39, 0.29) is 6.79 Å². The monoisotopic (exact) mass is 224 g/mol. The van der Waals surface area contributed by atoms with E-state index in [4.69, 9.17) is 15.2 Å². The molecule has 0 spiro atoms. The molecule has 0 aliphatic rings. The number of rotatable bonds is 8. The fourth-order valence-electron chi connectivity index (χ4n) is 1.30. The molecule has 0 amide bonds. The molecule has 0 saturated heterocycles. The highest BCUT2D eigenvalue weighted by molar-refractivity contribution is 5.46. The Hall–Kier alpha value is -1.26. The van der Waals surface area contributed by atoms with Crippen LogP contribution in [-0.4, -0.2) is 27.0 Å². The van der Waals surface area contributed by atoms with Crippen molar-refractivity contribution in [1.82, 2.24) is 0 Å². The number of hydrogen-bond donors (Lipinski definition) is 2. The molecule has 0 fully saturated rings. The SMILES string of the molecule is COCOc1ccc(NCCCCN)cc1. The van der Waals surface area contributed by atoms with Crippen LogP contribution < -0.4 is 15.8 Å². The van der Waals surface area contributed by atoms with Crippen LogP contribution in [0.3, 0.4) is 0 Å². The zero-order chi connectivity index (χ0) is 11.6. The summed E-state index contributed by atoms with van der Waals surface area (Å²) in [5.74, 6) is 0.814. The molecule has 0 aliphatic carbocycles. The molecule has 0 saturated carbocycles. The van der Waals surface area contributed by atoms with E-state index < -0.39 is 0 Å². The van der Waals surface area contributed by atoms with Gasteiger partial charge in [-0.3, -0.25) is 0 Å². The fraction of sp³-hybridized carbons (Fsp3) is 0.500. The normalized spacial score (nSPS) is 10.1. The van der Waals surface area contributed by atoms with Gasteiger partial charge in [-0.25, -0.2) is 0 Å². The first-order valence-electron chi connectivity index (χ1n) is 5.52. The molecule has 0 atom stereocenters. The summed E-state index contributed by atoms with van der Waals surface area (Å²) in [6, 6.07) is 7.83.